The number of amides is 2. The van der Waals surface area contributed by atoms with Gasteiger partial charge in [0.1, 0.15) is 6.54 Å². The number of carbonyl (C=O) groups excluding carboxylic acids is 2. The fraction of sp³-hybridized carbons (Fsp3) is 0.385. The first-order valence-electron chi connectivity index (χ1n) is 11.7. The Morgan fingerprint density at radius 2 is 1.85 bits per heavy atom. The number of carbonyl (C=O) groups is 2. The molecule has 2 aromatic heterocycles. The summed E-state index contributed by atoms with van der Waals surface area (Å²) in [5, 5.41) is 15.5. The highest BCUT2D eigenvalue weighted by Crippen LogP contribution is 2.28. The quantitative estimate of drug-likeness (QED) is 0.400. The SMILES string of the molecule is Cc1ccccc1CC(C1CCN(C(=O)c2cc[n+]([O-])cc2)CC1)N(C)C(=O)Cn1cccn1. The molecule has 1 aromatic carbocycles. The summed E-state index contributed by atoms with van der Waals surface area (Å²) < 4.78 is 2.33. The van der Waals surface area contributed by atoms with Crippen LogP contribution in [0.5, 0.6) is 0 Å². The lowest BCUT2D eigenvalue weighted by molar-refractivity contribution is -0.605. The van der Waals surface area contributed by atoms with Gasteiger partial charge in [-0.3, -0.25) is 14.3 Å². The number of likely N-dealkylation sites (tertiary alicyclic amines) is 1. The van der Waals surface area contributed by atoms with Crippen LogP contribution < -0.4 is 4.73 Å². The van der Waals surface area contributed by atoms with Crippen LogP contribution in [0.4, 0.5) is 0 Å². The fourth-order valence-electron chi connectivity index (χ4n) is 4.74. The summed E-state index contributed by atoms with van der Waals surface area (Å²) in [4.78, 5) is 29.7. The molecule has 0 radical (unpaired) electrons. The smallest absolute Gasteiger partial charge is 0.254 e. The largest absolute Gasteiger partial charge is 0.619 e. The highest BCUT2D eigenvalue weighted by Gasteiger charge is 2.33. The second-order valence-electron chi connectivity index (χ2n) is 8.98. The Morgan fingerprint density at radius 1 is 1.15 bits per heavy atom. The van der Waals surface area contributed by atoms with Crippen molar-refractivity contribution in [2.24, 2.45) is 5.92 Å². The first-order chi connectivity index (χ1) is 16.4. The number of piperidine rings is 1. The molecule has 0 bridgehead atoms. The fourth-order valence-corrected chi connectivity index (χ4v) is 4.74. The summed E-state index contributed by atoms with van der Waals surface area (Å²) in [6.45, 7) is 3.56. The molecule has 4 rings (SSSR count). The van der Waals surface area contributed by atoms with Crippen molar-refractivity contribution in [1.29, 1.82) is 0 Å². The van der Waals surface area contributed by atoms with E-state index in [1.807, 2.05) is 35.0 Å². The van der Waals surface area contributed by atoms with Crippen LogP contribution in [0.3, 0.4) is 0 Å². The Bertz CT molecular complexity index is 1110. The lowest BCUT2D eigenvalue weighted by Crippen LogP contribution is -2.49. The average molecular weight is 462 g/mol. The molecule has 0 saturated carbocycles. The molecule has 3 aromatic rings. The van der Waals surface area contributed by atoms with E-state index in [0.29, 0.717) is 23.4 Å². The second-order valence-corrected chi connectivity index (χ2v) is 8.98. The third kappa shape index (κ3) is 5.44. The van der Waals surface area contributed by atoms with Crippen molar-refractivity contribution in [3.63, 3.8) is 0 Å². The van der Waals surface area contributed by atoms with Crippen LogP contribution in [-0.4, -0.2) is 57.6 Å². The molecule has 0 N–H and O–H groups in total. The van der Waals surface area contributed by atoms with Gasteiger partial charge < -0.3 is 15.0 Å². The summed E-state index contributed by atoms with van der Waals surface area (Å²) in [5.41, 5.74) is 2.97. The van der Waals surface area contributed by atoms with Gasteiger partial charge in [0, 0.05) is 50.7 Å². The van der Waals surface area contributed by atoms with E-state index in [2.05, 4.69) is 24.2 Å². The zero-order valence-corrected chi connectivity index (χ0v) is 19.7. The average Bonchev–Trinajstić information content (AvgIpc) is 3.36. The third-order valence-electron chi connectivity index (χ3n) is 6.86. The van der Waals surface area contributed by atoms with Gasteiger partial charge in [-0.2, -0.15) is 9.83 Å². The standard InChI is InChI=1S/C26H31N5O3/c1-20-6-3-4-7-23(20)18-24(28(2)25(32)19-30-13-5-12-27-30)21-8-14-29(15-9-21)26(33)22-10-16-31(34)17-11-22/h3-7,10-13,16-17,21,24H,8-9,14-15,18-19H2,1-2H3. The third-order valence-corrected chi connectivity index (χ3v) is 6.86. The number of pyridine rings is 1. The van der Waals surface area contributed by atoms with E-state index in [1.54, 1.807) is 29.2 Å². The van der Waals surface area contributed by atoms with Gasteiger partial charge in [-0.25, -0.2) is 0 Å². The van der Waals surface area contributed by atoms with Gasteiger partial charge in [-0.1, -0.05) is 24.3 Å². The van der Waals surface area contributed by atoms with Crippen molar-refractivity contribution in [2.75, 3.05) is 20.1 Å². The molecule has 34 heavy (non-hydrogen) atoms. The Morgan fingerprint density at radius 3 is 2.50 bits per heavy atom. The van der Waals surface area contributed by atoms with Crippen LogP contribution in [-0.2, 0) is 17.8 Å². The summed E-state index contributed by atoms with van der Waals surface area (Å²) in [6, 6.07) is 13.3. The predicted octanol–water partition coefficient (Wildman–Crippen LogP) is 2.45. The predicted molar refractivity (Wildman–Crippen MR) is 128 cm³/mol. The zero-order valence-electron chi connectivity index (χ0n) is 19.7. The molecule has 1 saturated heterocycles. The highest BCUT2D eigenvalue weighted by molar-refractivity contribution is 5.94. The molecule has 1 fully saturated rings. The molecular formula is C26H31N5O3. The molecule has 8 heteroatoms. The Balaban J connectivity index is 1.47. The minimum absolute atomic E-state index is 0.0241. The molecule has 1 aliphatic rings. The van der Waals surface area contributed by atoms with Crippen LogP contribution in [0.1, 0.15) is 34.3 Å². The number of nitrogens with zero attached hydrogens (tertiary/aromatic N) is 5. The van der Waals surface area contributed by atoms with Crippen molar-refractivity contribution in [1.82, 2.24) is 19.6 Å². The van der Waals surface area contributed by atoms with Gasteiger partial charge in [0.15, 0.2) is 12.4 Å². The molecule has 0 spiro atoms. The van der Waals surface area contributed by atoms with E-state index >= 15 is 0 Å². The lowest BCUT2D eigenvalue weighted by atomic mass is 9.84. The van der Waals surface area contributed by atoms with Gasteiger partial charge in [0.25, 0.3) is 5.91 Å². The lowest BCUT2D eigenvalue weighted by Gasteiger charge is -2.40. The van der Waals surface area contributed by atoms with E-state index in [9.17, 15) is 14.8 Å². The first kappa shape index (κ1) is 23.5. The molecule has 8 nitrogen and oxygen atoms in total. The van der Waals surface area contributed by atoms with Crippen LogP contribution in [0.25, 0.3) is 0 Å². The van der Waals surface area contributed by atoms with Crippen molar-refractivity contribution >= 4 is 11.8 Å². The summed E-state index contributed by atoms with van der Waals surface area (Å²) in [5.74, 6) is 0.239. The van der Waals surface area contributed by atoms with Crippen molar-refractivity contribution in [2.45, 2.75) is 38.8 Å². The van der Waals surface area contributed by atoms with Gasteiger partial charge in [-0.15, -0.1) is 0 Å². The minimum Gasteiger partial charge on any atom is -0.619 e. The van der Waals surface area contributed by atoms with Crippen molar-refractivity contribution in [3.8, 4) is 0 Å². The van der Waals surface area contributed by atoms with Crippen LogP contribution in [0.2, 0.25) is 0 Å². The normalized spacial score (nSPS) is 15.2. The maximum absolute atomic E-state index is 13.1. The number of hydrogen-bond acceptors (Lipinski definition) is 4. The monoisotopic (exact) mass is 461 g/mol. The van der Waals surface area contributed by atoms with E-state index in [-0.39, 0.29) is 30.3 Å². The molecule has 0 aliphatic carbocycles. The Hall–Kier alpha value is -3.68. The van der Waals surface area contributed by atoms with Gasteiger partial charge in [0.05, 0.1) is 5.56 Å². The summed E-state index contributed by atoms with van der Waals surface area (Å²) in [7, 11) is 1.88. The topological polar surface area (TPSA) is 85.4 Å². The van der Waals surface area contributed by atoms with E-state index < -0.39 is 0 Å². The second kappa shape index (κ2) is 10.5. The number of benzene rings is 1. The molecule has 2 amide bonds. The summed E-state index contributed by atoms with van der Waals surface area (Å²) >= 11 is 0. The van der Waals surface area contributed by atoms with Crippen LogP contribution in [0, 0.1) is 18.0 Å². The maximum atomic E-state index is 13.1. The Kier molecular flexibility index (Phi) is 7.25. The van der Waals surface area contributed by atoms with Crippen LogP contribution in [0.15, 0.2) is 67.3 Å². The number of rotatable bonds is 7. The maximum Gasteiger partial charge on any atom is 0.254 e. The number of likely N-dealkylation sites (N-methyl/N-ethyl adjacent to an activating group) is 1. The first-order valence-corrected chi connectivity index (χ1v) is 11.7. The number of aryl methyl sites for hydroxylation is 1. The zero-order chi connectivity index (χ0) is 24.1. The number of aromatic nitrogens is 3. The molecule has 1 unspecified atom stereocenters. The molecule has 1 aliphatic heterocycles. The van der Waals surface area contributed by atoms with E-state index in [1.165, 1.54) is 23.5 Å². The van der Waals surface area contributed by atoms with Crippen molar-refractivity contribution < 1.29 is 14.3 Å². The molecular weight excluding hydrogens is 430 g/mol. The van der Waals surface area contributed by atoms with Crippen molar-refractivity contribution in [3.05, 3.63) is 89.1 Å². The highest BCUT2D eigenvalue weighted by atomic mass is 16.5. The van der Waals surface area contributed by atoms with Gasteiger partial charge in [-0.05, 0) is 49.3 Å². The minimum atomic E-state index is -0.0578. The van der Waals surface area contributed by atoms with E-state index in [0.717, 1.165) is 19.3 Å². The molecule has 178 valence electrons. The summed E-state index contributed by atoms with van der Waals surface area (Å²) in [6.07, 6.45) is 8.57. The van der Waals surface area contributed by atoms with Crippen LogP contribution >= 0.6 is 0 Å². The Labute approximate surface area is 200 Å². The molecule has 1 atom stereocenters. The molecule has 3 heterocycles. The number of hydrogen-bond donors (Lipinski definition) is 0. The van der Waals surface area contributed by atoms with Gasteiger partial charge in [0.2, 0.25) is 5.91 Å². The van der Waals surface area contributed by atoms with Gasteiger partial charge >= 0.3 is 0 Å². The van der Waals surface area contributed by atoms with E-state index in [4.69, 9.17) is 0 Å².